The monoisotopic (exact) mass is 441 g/mol. The number of benzene rings is 2. The predicted octanol–water partition coefficient (Wildman–Crippen LogP) is 3.68. The summed E-state index contributed by atoms with van der Waals surface area (Å²) in [4.78, 5) is 49.9. The second-order valence-corrected chi connectivity index (χ2v) is 6.94. The number of ketones is 1. The van der Waals surface area contributed by atoms with Gasteiger partial charge in [0.25, 0.3) is 11.8 Å². The van der Waals surface area contributed by atoms with Crippen molar-refractivity contribution in [1.82, 2.24) is 4.90 Å². The average molecular weight is 442 g/mol. The van der Waals surface area contributed by atoms with E-state index in [0.29, 0.717) is 11.0 Å². The summed E-state index contributed by atoms with van der Waals surface area (Å²) in [7, 11) is 0. The van der Waals surface area contributed by atoms with E-state index in [1.165, 1.54) is 19.1 Å². The van der Waals surface area contributed by atoms with Crippen molar-refractivity contribution in [2.75, 3.05) is 6.61 Å². The molecule has 29 heavy (non-hydrogen) atoms. The van der Waals surface area contributed by atoms with Crippen LogP contribution in [0.4, 0.5) is 8.78 Å². The van der Waals surface area contributed by atoms with Gasteiger partial charge in [0.2, 0.25) is 5.78 Å². The summed E-state index contributed by atoms with van der Waals surface area (Å²) in [5.41, 5.74) is -0.639. The van der Waals surface area contributed by atoms with Gasteiger partial charge in [-0.05, 0) is 37.3 Å². The highest BCUT2D eigenvalue weighted by atomic mass is 35.5. The fraction of sp³-hybridized carbons (Fsp3) is 0.158. The molecule has 2 aromatic rings. The third kappa shape index (κ3) is 3.86. The maximum Gasteiger partial charge on any atom is 0.329 e. The number of carbonyl (C=O) groups is 4. The van der Waals surface area contributed by atoms with Gasteiger partial charge in [-0.25, -0.2) is 13.6 Å². The van der Waals surface area contributed by atoms with E-state index >= 15 is 0 Å². The second kappa shape index (κ2) is 7.88. The number of ether oxygens (including phenoxy) is 1. The van der Waals surface area contributed by atoms with E-state index in [4.69, 9.17) is 27.9 Å². The van der Waals surface area contributed by atoms with Crippen LogP contribution in [-0.4, -0.2) is 41.1 Å². The van der Waals surface area contributed by atoms with Gasteiger partial charge in [-0.15, -0.1) is 0 Å². The third-order valence-electron chi connectivity index (χ3n) is 4.26. The van der Waals surface area contributed by atoms with Gasteiger partial charge >= 0.3 is 5.97 Å². The summed E-state index contributed by atoms with van der Waals surface area (Å²) in [6.07, 6.45) is 0. The minimum absolute atomic E-state index is 0.0260. The smallest absolute Gasteiger partial charge is 0.329 e. The van der Waals surface area contributed by atoms with Gasteiger partial charge in [-0.3, -0.25) is 19.3 Å². The maximum absolute atomic E-state index is 13.6. The van der Waals surface area contributed by atoms with Crippen LogP contribution >= 0.6 is 23.2 Å². The summed E-state index contributed by atoms with van der Waals surface area (Å²) in [5, 5.41) is 0.123. The number of nitrogens with zero attached hydrogens (tertiary/aromatic N) is 1. The van der Waals surface area contributed by atoms with Crippen molar-refractivity contribution in [2.45, 2.75) is 13.0 Å². The number of imide groups is 1. The van der Waals surface area contributed by atoms with E-state index in [2.05, 4.69) is 0 Å². The number of esters is 1. The summed E-state index contributed by atoms with van der Waals surface area (Å²) in [6, 6.07) is 3.32. The Balaban J connectivity index is 1.72. The Labute approximate surface area is 172 Å². The summed E-state index contributed by atoms with van der Waals surface area (Å²) >= 11 is 11.7. The molecule has 0 N–H and O–H groups in total. The van der Waals surface area contributed by atoms with Crippen molar-refractivity contribution in [3.8, 4) is 0 Å². The Bertz CT molecular complexity index is 1030. The number of fused-ring (bicyclic) bond motifs is 1. The number of Topliss-reactive ketones (excluding diaryl/α,β-unsaturated/α-hetero) is 1. The van der Waals surface area contributed by atoms with Crippen molar-refractivity contribution in [2.24, 2.45) is 0 Å². The molecule has 0 aliphatic carbocycles. The number of rotatable bonds is 5. The first-order valence-corrected chi connectivity index (χ1v) is 8.89. The van der Waals surface area contributed by atoms with Crippen LogP contribution in [0.5, 0.6) is 0 Å². The minimum atomic E-state index is -1.38. The zero-order valence-electron chi connectivity index (χ0n) is 14.7. The Kier molecular flexibility index (Phi) is 5.68. The number of hydrogen-bond acceptors (Lipinski definition) is 5. The van der Waals surface area contributed by atoms with Crippen LogP contribution in [0.3, 0.4) is 0 Å². The first-order chi connectivity index (χ1) is 13.6. The molecule has 1 aliphatic heterocycles. The topological polar surface area (TPSA) is 80.8 Å². The minimum Gasteiger partial charge on any atom is -0.456 e. The first kappa shape index (κ1) is 20.9. The highest BCUT2D eigenvalue weighted by Crippen LogP contribution is 2.32. The lowest BCUT2D eigenvalue weighted by molar-refractivity contribution is -0.146. The number of carbonyl (C=O) groups excluding carboxylic acids is 4. The molecule has 0 spiro atoms. The van der Waals surface area contributed by atoms with Crippen molar-refractivity contribution < 1.29 is 32.7 Å². The molecule has 1 heterocycles. The molecule has 2 amide bonds. The van der Waals surface area contributed by atoms with Gasteiger partial charge in [0.1, 0.15) is 17.7 Å². The van der Waals surface area contributed by atoms with Crippen molar-refractivity contribution in [3.63, 3.8) is 0 Å². The Hall–Kier alpha value is -2.84. The molecule has 0 saturated carbocycles. The summed E-state index contributed by atoms with van der Waals surface area (Å²) in [6.45, 7) is 0.324. The SMILES string of the molecule is CC(C(=O)OCC(=O)c1cc(F)ccc1F)N1C(=O)c2cc(Cl)c(Cl)cc2C1=O. The van der Waals surface area contributed by atoms with E-state index in [-0.39, 0.29) is 21.2 Å². The number of halogens is 4. The zero-order chi connectivity index (χ0) is 21.5. The molecule has 1 aliphatic rings. The summed E-state index contributed by atoms with van der Waals surface area (Å²) < 4.78 is 31.6. The van der Waals surface area contributed by atoms with Gasteiger partial charge in [0.05, 0.1) is 26.7 Å². The van der Waals surface area contributed by atoms with Gasteiger partial charge < -0.3 is 4.74 Å². The largest absolute Gasteiger partial charge is 0.456 e. The molecule has 10 heteroatoms. The quantitative estimate of drug-likeness (QED) is 0.401. The normalized spacial score (nSPS) is 14.0. The van der Waals surface area contributed by atoms with E-state index < -0.39 is 53.4 Å². The molecule has 0 aromatic heterocycles. The number of hydrogen-bond donors (Lipinski definition) is 0. The molecule has 2 aromatic carbocycles. The molecule has 1 atom stereocenters. The van der Waals surface area contributed by atoms with Crippen LogP contribution in [-0.2, 0) is 9.53 Å². The Morgan fingerprint density at radius 1 is 1.03 bits per heavy atom. The molecule has 1 unspecified atom stereocenters. The van der Waals surface area contributed by atoms with E-state index in [9.17, 15) is 28.0 Å². The van der Waals surface area contributed by atoms with Gasteiger partial charge in [0, 0.05) is 0 Å². The average Bonchev–Trinajstić information content (AvgIpc) is 2.91. The highest BCUT2D eigenvalue weighted by Gasteiger charge is 2.42. The van der Waals surface area contributed by atoms with E-state index in [0.717, 1.165) is 12.1 Å². The molecule has 150 valence electrons. The zero-order valence-corrected chi connectivity index (χ0v) is 16.2. The third-order valence-corrected chi connectivity index (χ3v) is 4.98. The van der Waals surface area contributed by atoms with E-state index in [1.54, 1.807) is 0 Å². The summed E-state index contributed by atoms with van der Waals surface area (Å²) in [5.74, 6) is -5.44. The van der Waals surface area contributed by atoms with Crippen LogP contribution in [0.2, 0.25) is 10.0 Å². The van der Waals surface area contributed by atoms with Gasteiger partial charge in [-0.2, -0.15) is 0 Å². The molecular formula is C19H11Cl2F2NO5. The second-order valence-electron chi connectivity index (χ2n) is 6.12. The van der Waals surface area contributed by atoms with Gasteiger partial charge in [0.15, 0.2) is 6.61 Å². The lowest BCUT2D eigenvalue weighted by Gasteiger charge is -2.20. The maximum atomic E-state index is 13.6. The Morgan fingerprint density at radius 2 is 1.59 bits per heavy atom. The Morgan fingerprint density at radius 3 is 2.14 bits per heavy atom. The molecule has 0 fully saturated rings. The first-order valence-electron chi connectivity index (χ1n) is 8.13. The predicted molar refractivity (Wildman–Crippen MR) is 98.1 cm³/mol. The van der Waals surface area contributed by atoms with Crippen molar-refractivity contribution in [1.29, 1.82) is 0 Å². The molecule has 0 saturated heterocycles. The van der Waals surface area contributed by atoms with Crippen LogP contribution in [0, 0.1) is 11.6 Å². The highest BCUT2D eigenvalue weighted by molar-refractivity contribution is 6.43. The van der Waals surface area contributed by atoms with Gasteiger partial charge in [-0.1, -0.05) is 23.2 Å². The lowest BCUT2D eigenvalue weighted by atomic mass is 10.1. The fourth-order valence-corrected chi connectivity index (χ4v) is 3.08. The van der Waals surface area contributed by atoms with Crippen molar-refractivity contribution >= 4 is 46.8 Å². The lowest BCUT2D eigenvalue weighted by Crippen LogP contribution is -2.44. The molecule has 0 bridgehead atoms. The molecule has 0 radical (unpaired) electrons. The molecule has 6 nitrogen and oxygen atoms in total. The standard InChI is InChI=1S/C19H11Cl2F2NO5/c1-8(19(28)29-7-16(25)12-4-9(22)2-3-15(12)23)24-17(26)10-5-13(20)14(21)6-11(10)18(24)27/h2-6,8H,7H2,1H3. The number of amides is 2. The van der Waals surface area contributed by atoms with Crippen LogP contribution < -0.4 is 0 Å². The van der Waals surface area contributed by atoms with Crippen molar-refractivity contribution in [3.05, 3.63) is 68.7 Å². The molecule has 3 rings (SSSR count). The molecular weight excluding hydrogens is 431 g/mol. The fourth-order valence-electron chi connectivity index (χ4n) is 2.76. The van der Waals surface area contributed by atoms with Crippen LogP contribution in [0.1, 0.15) is 38.0 Å². The van der Waals surface area contributed by atoms with Crippen LogP contribution in [0.25, 0.3) is 0 Å². The van der Waals surface area contributed by atoms with E-state index in [1.807, 2.05) is 0 Å². The van der Waals surface area contributed by atoms with Crippen LogP contribution in [0.15, 0.2) is 30.3 Å².